The SMILES string of the molecule is CCn1ncnc1CC(CN)Cc1ccc(C)cc1. The molecule has 1 aromatic carbocycles. The van der Waals surface area contributed by atoms with Crippen molar-refractivity contribution in [1.29, 1.82) is 0 Å². The third kappa shape index (κ3) is 3.64. The van der Waals surface area contributed by atoms with Crippen LogP contribution in [0.1, 0.15) is 23.9 Å². The van der Waals surface area contributed by atoms with E-state index in [0.29, 0.717) is 12.5 Å². The fourth-order valence-electron chi connectivity index (χ4n) is 2.26. The van der Waals surface area contributed by atoms with Crippen LogP contribution >= 0.6 is 0 Å². The Balaban J connectivity index is 2.02. The lowest BCUT2D eigenvalue weighted by Gasteiger charge is -2.14. The van der Waals surface area contributed by atoms with Gasteiger partial charge in [-0.3, -0.25) is 4.68 Å². The number of nitrogens with zero attached hydrogens (tertiary/aromatic N) is 3. The molecule has 1 heterocycles. The van der Waals surface area contributed by atoms with Crippen LogP contribution in [0.15, 0.2) is 30.6 Å². The maximum atomic E-state index is 5.90. The molecule has 0 fully saturated rings. The first-order valence-electron chi connectivity index (χ1n) is 6.85. The second-order valence-corrected chi connectivity index (χ2v) is 4.99. The number of hydrogen-bond acceptors (Lipinski definition) is 3. The molecular formula is C15H22N4. The Morgan fingerprint density at radius 1 is 1.21 bits per heavy atom. The predicted octanol–water partition coefficient (Wildman–Crippen LogP) is 1.97. The second-order valence-electron chi connectivity index (χ2n) is 4.99. The minimum atomic E-state index is 0.414. The lowest BCUT2D eigenvalue weighted by Crippen LogP contribution is -2.21. The van der Waals surface area contributed by atoms with E-state index in [1.165, 1.54) is 11.1 Å². The van der Waals surface area contributed by atoms with Crippen molar-refractivity contribution in [1.82, 2.24) is 14.8 Å². The molecule has 0 spiro atoms. The smallest absolute Gasteiger partial charge is 0.138 e. The highest BCUT2D eigenvalue weighted by Crippen LogP contribution is 2.13. The first-order chi connectivity index (χ1) is 9.22. The summed E-state index contributed by atoms with van der Waals surface area (Å²) in [5, 5.41) is 4.21. The topological polar surface area (TPSA) is 56.7 Å². The second kappa shape index (κ2) is 6.48. The molecule has 0 amide bonds. The van der Waals surface area contributed by atoms with Crippen molar-refractivity contribution in [2.24, 2.45) is 11.7 Å². The molecule has 0 bridgehead atoms. The van der Waals surface area contributed by atoms with Crippen molar-refractivity contribution in [2.75, 3.05) is 6.54 Å². The van der Waals surface area contributed by atoms with Gasteiger partial charge in [0, 0.05) is 13.0 Å². The molecule has 19 heavy (non-hydrogen) atoms. The number of hydrogen-bond donors (Lipinski definition) is 1. The van der Waals surface area contributed by atoms with E-state index in [0.717, 1.165) is 25.2 Å². The number of benzene rings is 1. The van der Waals surface area contributed by atoms with Gasteiger partial charge in [0.05, 0.1) is 0 Å². The molecule has 102 valence electrons. The van der Waals surface area contributed by atoms with Gasteiger partial charge in [0.2, 0.25) is 0 Å². The highest BCUT2D eigenvalue weighted by molar-refractivity contribution is 5.21. The van der Waals surface area contributed by atoms with Crippen LogP contribution in [0.5, 0.6) is 0 Å². The van der Waals surface area contributed by atoms with E-state index in [4.69, 9.17) is 5.73 Å². The Kier molecular flexibility index (Phi) is 4.68. The van der Waals surface area contributed by atoms with E-state index in [-0.39, 0.29) is 0 Å². The molecule has 0 aliphatic heterocycles. The molecule has 2 aromatic rings. The summed E-state index contributed by atoms with van der Waals surface area (Å²) in [6.45, 7) is 5.71. The molecular weight excluding hydrogens is 236 g/mol. The Bertz CT molecular complexity index is 501. The Hall–Kier alpha value is -1.68. The minimum absolute atomic E-state index is 0.414. The Morgan fingerprint density at radius 3 is 2.58 bits per heavy atom. The number of aryl methyl sites for hydroxylation is 2. The zero-order chi connectivity index (χ0) is 13.7. The molecule has 2 N–H and O–H groups in total. The zero-order valence-corrected chi connectivity index (χ0v) is 11.7. The summed E-state index contributed by atoms with van der Waals surface area (Å²) in [5.74, 6) is 1.45. The molecule has 2 rings (SSSR count). The van der Waals surface area contributed by atoms with Crippen molar-refractivity contribution >= 4 is 0 Å². The van der Waals surface area contributed by atoms with Crippen LogP contribution in [0.2, 0.25) is 0 Å². The van der Waals surface area contributed by atoms with Gasteiger partial charge < -0.3 is 5.73 Å². The van der Waals surface area contributed by atoms with E-state index in [9.17, 15) is 0 Å². The van der Waals surface area contributed by atoms with E-state index in [1.54, 1.807) is 6.33 Å². The third-order valence-corrected chi connectivity index (χ3v) is 3.44. The van der Waals surface area contributed by atoms with Crippen molar-refractivity contribution in [2.45, 2.75) is 33.2 Å². The van der Waals surface area contributed by atoms with Crippen LogP contribution in [-0.2, 0) is 19.4 Å². The lowest BCUT2D eigenvalue weighted by molar-refractivity contribution is 0.492. The van der Waals surface area contributed by atoms with Crippen molar-refractivity contribution in [3.63, 3.8) is 0 Å². The average Bonchev–Trinajstić information content (AvgIpc) is 2.87. The maximum absolute atomic E-state index is 5.90. The number of aromatic nitrogens is 3. The van der Waals surface area contributed by atoms with Crippen LogP contribution in [0.25, 0.3) is 0 Å². The first kappa shape index (κ1) is 13.7. The number of rotatable bonds is 6. The highest BCUT2D eigenvalue weighted by atomic mass is 15.3. The Morgan fingerprint density at radius 2 is 1.95 bits per heavy atom. The van der Waals surface area contributed by atoms with Crippen molar-refractivity contribution in [3.8, 4) is 0 Å². The van der Waals surface area contributed by atoms with Gasteiger partial charge in [0.1, 0.15) is 12.2 Å². The van der Waals surface area contributed by atoms with E-state index < -0.39 is 0 Å². The van der Waals surface area contributed by atoms with Gasteiger partial charge in [0.15, 0.2) is 0 Å². The highest BCUT2D eigenvalue weighted by Gasteiger charge is 2.13. The van der Waals surface area contributed by atoms with Gasteiger partial charge in [-0.15, -0.1) is 0 Å². The molecule has 0 aliphatic carbocycles. The zero-order valence-electron chi connectivity index (χ0n) is 11.7. The van der Waals surface area contributed by atoms with Crippen molar-refractivity contribution in [3.05, 3.63) is 47.5 Å². The molecule has 0 saturated carbocycles. The van der Waals surface area contributed by atoms with E-state index in [2.05, 4.69) is 48.2 Å². The van der Waals surface area contributed by atoms with Crippen LogP contribution < -0.4 is 5.73 Å². The minimum Gasteiger partial charge on any atom is -0.330 e. The van der Waals surface area contributed by atoms with Gasteiger partial charge in [0.25, 0.3) is 0 Å². The maximum Gasteiger partial charge on any atom is 0.138 e. The number of nitrogens with two attached hydrogens (primary N) is 1. The molecule has 0 aliphatic rings. The molecule has 0 radical (unpaired) electrons. The molecule has 1 atom stereocenters. The van der Waals surface area contributed by atoms with Gasteiger partial charge >= 0.3 is 0 Å². The largest absolute Gasteiger partial charge is 0.330 e. The monoisotopic (exact) mass is 258 g/mol. The molecule has 1 aromatic heterocycles. The summed E-state index contributed by atoms with van der Waals surface area (Å²) in [6, 6.07) is 8.67. The summed E-state index contributed by atoms with van der Waals surface area (Å²) >= 11 is 0. The summed E-state index contributed by atoms with van der Waals surface area (Å²) in [5.41, 5.74) is 8.53. The quantitative estimate of drug-likeness (QED) is 0.861. The van der Waals surface area contributed by atoms with E-state index in [1.807, 2.05) is 4.68 Å². The predicted molar refractivity (Wildman–Crippen MR) is 76.8 cm³/mol. The van der Waals surface area contributed by atoms with Crippen molar-refractivity contribution < 1.29 is 0 Å². The third-order valence-electron chi connectivity index (χ3n) is 3.44. The van der Waals surface area contributed by atoms with Gasteiger partial charge in [-0.25, -0.2) is 4.98 Å². The van der Waals surface area contributed by atoms with Crippen LogP contribution in [-0.4, -0.2) is 21.3 Å². The fourth-order valence-corrected chi connectivity index (χ4v) is 2.26. The summed E-state index contributed by atoms with van der Waals surface area (Å²) in [7, 11) is 0. The van der Waals surface area contributed by atoms with Gasteiger partial charge in [-0.1, -0.05) is 29.8 Å². The van der Waals surface area contributed by atoms with Crippen LogP contribution in [0, 0.1) is 12.8 Å². The molecule has 4 heteroatoms. The lowest BCUT2D eigenvalue weighted by atomic mass is 9.95. The molecule has 1 unspecified atom stereocenters. The first-order valence-corrected chi connectivity index (χ1v) is 6.85. The standard InChI is InChI=1S/C15H22N4/c1-3-19-15(17-11-18-19)9-14(10-16)8-13-6-4-12(2)5-7-13/h4-7,11,14H,3,8-10,16H2,1-2H3. The molecule has 0 saturated heterocycles. The summed E-state index contributed by atoms with van der Waals surface area (Å²) in [4.78, 5) is 4.33. The Labute approximate surface area is 114 Å². The summed E-state index contributed by atoms with van der Waals surface area (Å²) in [6.07, 6.45) is 3.50. The van der Waals surface area contributed by atoms with Gasteiger partial charge in [-0.2, -0.15) is 5.10 Å². The van der Waals surface area contributed by atoms with E-state index >= 15 is 0 Å². The summed E-state index contributed by atoms with van der Waals surface area (Å²) < 4.78 is 1.94. The van der Waals surface area contributed by atoms with Crippen LogP contribution in [0.4, 0.5) is 0 Å². The van der Waals surface area contributed by atoms with Crippen LogP contribution in [0.3, 0.4) is 0 Å². The normalized spacial score (nSPS) is 12.6. The average molecular weight is 258 g/mol. The van der Waals surface area contributed by atoms with Gasteiger partial charge in [-0.05, 0) is 38.3 Å². The fraction of sp³-hybridized carbons (Fsp3) is 0.467. The molecule has 4 nitrogen and oxygen atoms in total.